The van der Waals surface area contributed by atoms with Gasteiger partial charge in [0, 0.05) is 26.2 Å². The van der Waals surface area contributed by atoms with Crippen LogP contribution in [0.1, 0.15) is 31.1 Å². The van der Waals surface area contributed by atoms with Crippen LogP contribution in [0.4, 0.5) is 0 Å². The maximum absolute atomic E-state index is 10.2. The van der Waals surface area contributed by atoms with Crippen molar-refractivity contribution in [1.82, 2.24) is 4.90 Å². The third-order valence-corrected chi connectivity index (χ3v) is 3.14. The molecule has 0 saturated carbocycles. The second-order valence-electron chi connectivity index (χ2n) is 4.83. The zero-order chi connectivity index (χ0) is 14.3. The van der Waals surface area contributed by atoms with Crippen LogP contribution >= 0.6 is 0 Å². The van der Waals surface area contributed by atoms with Gasteiger partial charge in [-0.2, -0.15) is 5.26 Å². The molecule has 0 bridgehead atoms. The summed E-state index contributed by atoms with van der Waals surface area (Å²) < 4.78 is 5.08. The van der Waals surface area contributed by atoms with Gasteiger partial charge in [0.2, 0.25) is 0 Å². The molecule has 1 aromatic carbocycles. The molecule has 0 aliphatic heterocycles. The Hall–Kier alpha value is -1.41. The van der Waals surface area contributed by atoms with E-state index in [2.05, 4.69) is 24.8 Å². The number of nitriles is 1. The Labute approximate surface area is 115 Å². The molecule has 0 radical (unpaired) electrons. The van der Waals surface area contributed by atoms with Crippen LogP contribution in [0.3, 0.4) is 0 Å². The van der Waals surface area contributed by atoms with Crippen LogP contribution in [0.15, 0.2) is 24.3 Å². The monoisotopic (exact) mass is 262 g/mol. The Morgan fingerprint density at radius 2 is 1.95 bits per heavy atom. The Morgan fingerprint density at radius 3 is 2.42 bits per heavy atom. The van der Waals surface area contributed by atoms with Gasteiger partial charge in [-0.05, 0) is 31.5 Å². The number of rotatable bonds is 7. The van der Waals surface area contributed by atoms with Gasteiger partial charge in [-0.15, -0.1) is 0 Å². The van der Waals surface area contributed by atoms with Crippen molar-refractivity contribution in [2.24, 2.45) is 0 Å². The fourth-order valence-electron chi connectivity index (χ4n) is 1.88. The molecule has 104 valence electrons. The molecule has 4 nitrogen and oxygen atoms in total. The molecule has 4 heteroatoms. The molecular formula is C15H22N2O2. The van der Waals surface area contributed by atoms with Crippen molar-refractivity contribution >= 4 is 0 Å². The standard InChI is InChI=1S/C15H22N2O2/c1-12(2)17(8-9-19-3)11-15(18)14-6-4-13(10-16)5-7-14/h4-7,12,15,18H,8-9,11H2,1-3H3. The summed E-state index contributed by atoms with van der Waals surface area (Å²) in [7, 11) is 1.68. The van der Waals surface area contributed by atoms with Gasteiger partial charge < -0.3 is 9.84 Å². The molecule has 1 N–H and O–H groups in total. The van der Waals surface area contributed by atoms with Crippen LogP contribution in [-0.4, -0.2) is 42.9 Å². The lowest BCUT2D eigenvalue weighted by Gasteiger charge is -2.28. The third-order valence-electron chi connectivity index (χ3n) is 3.14. The number of methoxy groups -OCH3 is 1. The summed E-state index contributed by atoms with van der Waals surface area (Å²) in [6.45, 7) is 6.20. The van der Waals surface area contributed by atoms with E-state index in [0.29, 0.717) is 24.8 Å². The quantitative estimate of drug-likeness (QED) is 0.816. The lowest BCUT2D eigenvalue weighted by Crippen LogP contribution is -2.37. The predicted octanol–water partition coefficient (Wildman–Crippen LogP) is 1.95. The summed E-state index contributed by atoms with van der Waals surface area (Å²) in [4.78, 5) is 2.17. The van der Waals surface area contributed by atoms with Crippen molar-refractivity contribution in [1.29, 1.82) is 5.26 Å². The fourth-order valence-corrected chi connectivity index (χ4v) is 1.88. The summed E-state index contributed by atoms with van der Waals surface area (Å²) in [6.07, 6.45) is -0.549. The molecule has 0 saturated heterocycles. The van der Waals surface area contributed by atoms with Crippen LogP contribution < -0.4 is 0 Å². The highest BCUT2D eigenvalue weighted by molar-refractivity contribution is 5.32. The van der Waals surface area contributed by atoms with E-state index in [-0.39, 0.29) is 0 Å². The average Bonchev–Trinajstić information content (AvgIpc) is 2.43. The highest BCUT2D eigenvalue weighted by Gasteiger charge is 2.15. The number of aliphatic hydroxyl groups excluding tert-OH is 1. The maximum Gasteiger partial charge on any atom is 0.0991 e. The van der Waals surface area contributed by atoms with Gasteiger partial charge in [0.25, 0.3) is 0 Å². The SMILES string of the molecule is COCCN(CC(O)c1ccc(C#N)cc1)C(C)C. The highest BCUT2D eigenvalue weighted by atomic mass is 16.5. The first-order chi connectivity index (χ1) is 9.08. The van der Waals surface area contributed by atoms with E-state index >= 15 is 0 Å². The predicted molar refractivity (Wildman–Crippen MR) is 74.7 cm³/mol. The summed E-state index contributed by atoms with van der Waals surface area (Å²) in [5, 5.41) is 19.0. The normalized spacial score (nSPS) is 12.7. The maximum atomic E-state index is 10.2. The van der Waals surface area contributed by atoms with Crippen LogP contribution in [0.2, 0.25) is 0 Å². The first-order valence-corrected chi connectivity index (χ1v) is 6.49. The second kappa shape index (κ2) is 7.90. The first-order valence-electron chi connectivity index (χ1n) is 6.49. The lowest BCUT2D eigenvalue weighted by molar-refractivity contribution is 0.0721. The topological polar surface area (TPSA) is 56.5 Å². The number of hydrogen-bond donors (Lipinski definition) is 1. The molecule has 0 aliphatic carbocycles. The van der Waals surface area contributed by atoms with Crippen LogP contribution in [-0.2, 0) is 4.74 Å². The van der Waals surface area contributed by atoms with Crippen molar-refractivity contribution in [3.05, 3.63) is 35.4 Å². The number of nitrogens with zero attached hydrogens (tertiary/aromatic N) is 2. The van der Waals surface area contributed by atoms with Crippen molar-refractivity contribution < 1.29 is 9.84 Å². The fraction of sp³-hybridized carbons (Fsp3) is 0.533. The van der Waals surface area contributed by atoms with Crippen LogP contribution in [0.5, 0.6) is 0 Å². The van der Waals surface area contributed by atoms with Gasteiger partial charge in [-0.1, -0.05) is 12.1 Å². The van der Waals surface area contributed by atoms with E-state index in [1.807, 2.05) is 0 Å². The summed E-state index contributed by atoms with van der Waals surface area (Å²) in [5.74, 6) is 0. The van der Waals surface area contributed by atoms with Gasteiger partial charge in [0.15, 0.2) is 0 Å². The molecule has 1 aromatic rings. The van der Waals surface area contributed by atoms with Crippen molar-refractivity contribution in [3.8, 4) is 6.07 Å². The highest BCUT2D eigenvalue weighted by Crippen LogP contribution is 2.16. The largest absolute Gasteiger partial charge is 0.387 e. The van der Waals surface area contributed by atoms with E-state index in [1.54, 1.807) is 31.4 Å². The van der Waals surface area contributed by atoms with E-state index in [1.165, 1.54) is 0 Å². The lowest BCUT2D eigenvalue weighted by atomic mass is 10.1. The van der Waals surface area contributed by atoms with E-state index in [9.17, 15) is 5.11 Å². The zero-order valence-corrected chi connectivity index (χ0v) is 11.8. The minimum Gasteiger partial charge on any atom is -0.387 e. The minimum absolute atomic E-state index is 0.350. The van der Waals surface area contributed by atoms with E-state index in [4.69, 9.17) is 10.00 Å². The molecule has 0 fully saturated rings. The summed E-state index contributed by atoms with van der Waals surface area (Å²) >= 11 is 0. The summed E-state index contributed by atoms with van der Waals surface area (Å²) in [5.41, 5.74) is 1.44. The average molecular weight is 262 g/mol. The van der Waals surface area contributed by atoms with Gasteiger partial charge in [0.05, 0.1) is 24.3 Å². The second-order valence-corrected chi connectivity index (χ2v) is 4.83. The molecule has 19 heavy (non-hydrogen) atoms. The smallest absolute Gasteiger partial charge is 0.0991 e. The van der Waals surface area contributed by atoms with Gasteiger partial charge in [0.1, 0.15) is 0 Å². The third kappa shape index (κ3) is 4.99. The Balaban J connectivity index is 2.64. The Bertz CT molecular complexity index is 409. The summed E-state index contributed by atoms with van der Waals surface area (Å²) in [6, 6.07) is 9.49. The molecule has 0 aromatic heterocycles. The molecule has 1 unspecified atom stereocenters. The van der Waals surface area contributed by atoms with Crippen molar-refractivity contribution in [2.75, 3.05) is 26.8 Å². The number of ether oxygens (including phenoxy) is 1. The number of benzene rings is 1. The Kier molecular flexibility index (Phi) is 6.51. The molecule has 0 spiro atoms. The van der Waals surface area contributed by atoms with Gasteiger partial charge in [-0.25, -0.2) is 0 Å². The number of aliphatic hydroxyl groups is 1. The van der Waals surface area contributed by atoms with Crippen LogP contribution in [0.25, 0.3) is 0 Å². The molecule has 0 aliphatic rings. The van der Waals surface area contributed by atoms with E-state index in [0.717, 1.165) is 12.1 Å². The van der Waals surface area contributed by atoms with Gasteiger partial charge in [-0.3, -0.25) is 4.90 Å². The van der Waals surface area contributed by atoms with Crippen molar-refractivity contribution in [2.45, 2.75) is 26.0 Å². The molecule has 0 heterocycles. The molecule has 1 atom stereocenters. The van der Waals surface area contributed by atoms with Crippen molar-refractivity contribution in [3.63, 3.8) is 0 Å². The minimum atomic E-state index is -0.549. The van der Waals surface area contributed by atoms with E-state index < -0.39 is 6.10 Å². The molecular weight excluding hydrogens is 240 g/mol. The van der Waals surface area contributed by atoms with Gasteiger partial charge >= 0.3 is 0 Å². The molecule has 1 rings (SSSR count). The zero-order valence-electron chi connectivity index (χ0n) is 11.8. The number of hydrogen-bond acceptors (Lipinski definition) is 4. The first kappa shape index (κ1) is 15.6. The van der Waals surface area contributed by atoms with Crippen LogP contribution in [0, 0.1) is 11.3 Å². The Morgan fingerprint density at radius 1 is 1.32 bits per heavy atom. The molecule has 0 amide bonds.